The highest BCUT2D eigenvalue weighted by atomic mass is 32.2. The minimum Gasteiger partial charge on any atom is -0.497 e. The summed E-state index contributed by atoms with van der Waals surface area (Å²) in [5.74, 6) is 5.16. The van der Waals surface area contributed by atoms with Gasteiger partial charge in [0, 0.05) is 37.3 Å². The van der Waals surface area contributed by atoms with Gasteiger partial charge in [-0.3, -0.25) is 9.59 Å². The number of morpholine rings is 2. The lowest BCUT2D eigenvalue weighted by Gasteiger charge is -2.35. The van der Waals surface area contributed by atoms with Crippen LogP contribution < -0.4 is 4.74 Å². The zero-order valence-corrected chi connectivity index (χ0v) is 94.5. The summed E-state index contributed by atoms with van der Waals surface area (Å²) in [6.07, 6.45) is 54.8. The van der Waals surface area contributed by atoms with Crippen LogP contribution in [0, 0.1) is 18.8 Å². The number of nitrogens with zero attached hydrogens (tertiary/aromatic N) is 2. The number of carbonyl (C=O) groups is 2. The number of ether oxygens (including phenoxy) is 3. The first-order valence-electron chi connectivity index (χ1n) is 54.4. The highest BCUT2D eigenvalue weighted by Gasteiger charge is 2.30. The zero-order valence-electron chi connectivity index (χ0n) is 89.6. The van der Waals surface area contributed by atoms with Gasteiger partial charge in [0.05, 0.1) is 97.5 Å². The number of rotatable bonds is 57. The molecule has 0 aromatic heterocycles. The summed E-state index contributed by atoms with van der Waals surface area (Å²) < 4.78 is 157. The van der Waals surface area contributed by atoms with Gasteiger partial charge in [-0.15, -0.1) is 0 Å². The predicted molar refractivity (Wildman–Crippen MR) is 581 cm³/mol. The average molecular weight is 2050 g/mol. The Kier molecular flexibility index (Phi) is 61.7. The third-order valence-corrected chi connectivity index (χ3v) is 41.9. The summed E-state index contributed by atoms with van der Waals surface area (Å²) in [5.41, 5.74) is 11.6. The summed E-state index contributed by atoms with van der Waals surface area (Å²) in [6, 6.07) is 28.8. The maximum absolute atomic E-state index is 12.8. The van der Waals surface area contributed by atoms with E-state index < -0.39 is 59.0 Å². The highest BCUT2D eigenvalue weighted by Crippen LogP contribution is 2.35. The van der Waals surface area contributed by atoms with Crippen molar-refractivity contribution in [2.45, 2.75) is 475 Å². The van der Waals surface area contributed by atoms with Crippen molar-refractivity contribution < 1.29 is 74.3 Å². The van der Waals surface area contributed by atoms with Crippen LogP contribution in [0.25, 0.3) is 0 Å². The molecule has 5 aliphatic rings. The minimum absolute atomic E-state index is 0.0707. The fourth-order valence-electron chi connectivity index (χ4n) is 18.3. The molecule has 138 heavy (non-hydrogen) atoms. The van der Waals surface area contributed by atoms with Crippen molar-refractivity contribution in [3.05, 3.63) is 135 Å². The van der Waals surface area contributed by atoms with Gasteiger partial charge in [-0.1, -0.05) is 235 Å². The number of aryl methyl sites for hydroxylation is 5. The minimum atomic E-state index is -2.91. The Morgan fingerprint density at radius 1 is 0.319 bits per heavy atom. The Hall–Kier alpha value is -4.76. The lowest BCUT2D eigenvalue weighted by Crippen LogP contribution is -2.48. The molecule has 3 aliphatic carbocycles. The van der Waals surface area contributed by atoms with Crippen LogP contribution >= 0.6 is 0 Å². The Balaban J connectivity index is 0.000000350. The van der Waals surface area contributed by atoms with E-state index in [0.29, 0.717) is 60.7 Å². The number of sulfone groups is 6. The zero-order chi connectivity index (χ0) is 102. The summed E-state index contributed by atoms with van der Waals surface area (Å²) in [7, 11) is -15.4. The number of fused-ring (bicyclic) bond motifs is 1. The Labute approximate surface area is 844 Å². The van der Waals surface area contributed by atoms with Crippen LogP contribution in [0.1, 0.15) is 434 Å². The second-order valence-electron chi connectivity index (χ2n) is 42.5. The van der Waals surface area contributed by atoms with Gasteiger partial charge < -0.3 is 24.0 Å². The van der Waals surface area contributed by atoms with Crippen molar-refractivity contribution >= 4 is 70.8 Å². The first-order valence-corrected chi connectivity index (χ1v) is 64.7. The topological polar surface area (TPSA) is 273 Å². The lowest BCUT2D eigenvalue weighted by molar-refractivity contribution is -0.0586. The molecule has 0 N–H and O–H groups in total. The summed E-state index contributed by atoms with van der Waals surface area (Å²) in [4.78, 5) is 29.3. The molecule has 2 amide bonds. The summed E-state index contributed by atoms with van der Waals surface area (Å²) in [5, 5.41) is -1.44. The smallest absolute Gasteiger partial charge is 0.254 e. The predicted octanol–water partition coefficient (Wildman–Crippen LogP) is 26.0. The van der Waals surface area contributed by atoms with Gasteiger partial charge in [-0.25, -0.2) is 50.5 Å². The van der Waals surface area contributed by atoms with Crippen molar-refractivity contribution in [1.82, 2.24) is 9.80 Å². The summed E-state index contributed by atoms with van der Waals surface area (Å²) >= 11 is 0. The van der Waals surface area contributed by atoms with Gasteiger partial charge in [0.25, 0.3) is 11.8 Å². The van der Waals surface area contributed by atoms with Crippen molar-refractivity contribution in [1.29, 1.82) is 0 Å². The molecule has 4 fully saturated rings. The molecule has 25 heteroatoms. The van der Waals surface area contributed by atoms with Crippen LogP contribution in [0.4, 0.5) is 0 Å². The molecule has 0 spiro atoms. The first kappa shape index (κ1) is 126. The maximum atomic E-state index is 12.8. The Morgan fingerprint density at radius 3 is 0.957 bits per heavy atom. The second kappa shape index (κ2) is 67.8. The fourth-order valence-corrected chi connectivity index (χ4v) is 24.8. The van der Waals surface area contributed by atoms with Crippen LogP contribution in [0.3, 0.4) is 0 Å². The molecule has 0 radical (unpaired) electrons. The molecule has 4 aromatic rings. The van der Waals surface area contributed by atoms with Gasteiger partial charge in [-0.05, 0) is 320 Å². The number of unbranched alkanes of at least 4 members (excludes halogenated alkanes) is 24. The third kappa shape index (κ3) is 53.4. The molecule has 0 bridgehead atoms. The average Bonchev–Trinajstić information content (AvgIpc) is 0.899. The van der Waals surface area contributed by atoms with Gasteiger partial charge >= 0.3 is 0 Å². The van der Waals surface area contributed by atoms with E-state index in [2.05, 4.69) is 49.4 Å². The van der Waals surface area contributed by atoms with Crippen LogP contribution in [-0.4, -0.2) is 196 Å². The number of hydrogen-bond donors (Lipinski definition) is 0. The summed E-state index contributed by atoms with van der Waals surface area (Å²) in [6.45, 7) is 34.0. The normalized spacial score (nSPS) is 17.3. The van der Waals surface area contributed by atoms with Crippen LogP contribution in [0.15, 0.2) is 84.9 Å². The number of hydrogen-bond acceptors (Lipinski definition) is 17. The first-order chi connectivity index (χ1) is 65.3. The van der Waals surface area contributed by atoms with Crippen LogP contribution in [0.2, 0.25) is 0 Å². The van der Waals surface area contributed by atoms with Crippen molar-refractivity contribution in [3.8, 4) is 5.75 Å². The fraction of sp³-hybridized carbons (Fsp3) is 0.770. The standard InChI is InChI=1S/2C23H37NO4S.C21H34O2S.C17H28O3S.C16H32O2S.C13H26O2S/c1-18(2)29(26,27)14-9-7-5-6-8-11-21-12-10-13-22(15-21)23(25)24-16-19(3)28-20(4)17-24;1-18(2)29(26,27)15-9-7-5-6-8-10-21-11-13-22(14-12-21)23(25)24-16-19(3)28-20(4)17-24;1-17(2)24(22,23)16-10-6-4-5-7-11-19-15-14-18(3)20-12-8-9-13-21(19)20;1-15(2)21(18,19)14-8-6-4-5-7-9-16-10-12-17(20-3)13-11-16;1-15(2)19(17,18)14-10-5-3-4-7-11-16-12-8-6-9-13-16;1-12(2)16(14,15)11-7-5-3-4-6-8-13-9-10-13/h10,12-13,15,18-20H,5-9,11,14,16-17H2,1-4H3;11-14,18-20H,5-10,15-17H2,1-4H3;14-15,17H,4-13,16H2,1-3H3;10-13,15H,4-9,14H2,1-3H3;15-16H,3-14H2,1-2H3;12-13H,3-11H2,1-2H3/t2*19-,20+;;;;. The van der Waals surface area contributed by atoms with E-state index in [1.807, 2.05) is 80.0 Å². The number of methoxy groups -OCH3 is 1. The Bertz CT molecular complexity index is 4690. The van der Waals surface area contributed by atoms with E-state index in [9.17, 15) is 60.1 Å². The molecule has 4 aromatic carbocycles. The second-order valence-corrected chi connectivity index (χ2v) is 58.6. The molecule has 2 saturated carbocycles. The molecule has 4 atom stereocenters. The van der Waals surface area contributed by atoms with Crippen molar-refractivity contribution in [2.75, 3.05) is 67.8 Å². The van der Waals surface area contributed by atoms with Crippen molar-refractivity contribution in [3.63, 3.8) is 0 Å². The number of amides is 2. The molecule has 9 rings (SSSR count). The maximum Gasteiger partial charge on any atom is 0.254 e. The van der Waals surface area contributed by atoms with Crippen LogP contribution in [0.5, 0.6) is 5.75 Å². The molecular formula is C113H194N2O17S6. The van der Waals surface area contributed by atoms with E-state index >= 15 is 0 Å². The van der Waals surface area contributed by atoms with Gasteiger partial charge in [0.2, 0.25) is 0 Å². The van der Waals surface area contributed by atoms with E-state index in [1.54, 1.807) is 107 Å². The molecule has 0 unspecified atom stereocenters. The Morgan fingerprint density at radius 2 is 0.616 bits per heavy atom. The SMILES string of the molecule is CC(C)S(=O)(=O)CCCCCCCC1CC1.CC(C)S(=O)(=O)CCCCCCCC1CCCCC1.CC(C)S(=O)(=O)CCCCCCCc1ccc(C(=O)N2C[C@@H](C)O[C@@H](C)C2)cc1.CC(C)S(=O)(=O)CCCCCCCc1cccc(C(=O)N2C[C@@H](C)O[C@@H](C)C2)c1.COc1ccc(CCCCCCCS(=O)(=O)C(C)C)cc1.Cc1ccc(CCCCCCCS(=O)(=O)C(C)C)c2c1CCCC2. The monoisotopic (exact) mass is 2040 g/mol. The van der Waals surface area contributed by atoms with Crippen molar-refractivity contribution in [2.24, 2.45) is 11.8 Å². The number of benzene rings is 4. The van der Waals surface area contributed by atoms with E-state index in [-0.39, 0.29) is 67.7 Å². The molecule has 2 aliphatic heterocycles. The van der Waals surface area contributed by atoms with Gasteiger partial charge in [0.1, 0.15) is 5.75 Å². The van der Waals surface area contributed by atoms with Gasteiger partial charge in [-0.2, -0.15) is 0 Å². The van der Waals surface area contributed by atoms with Crippen LogP contribution in [-0.2, 0) is 107 Å². The van der Waals surface area contributed by atoms with E-state index in [1.165, 1.54) is 164 Å². The highest BCUT2D eigenvalue weighted by molar-refractivity contribution is 7.93. The largest absolute Gasteiger partial charge is 0.497 e. The molecule has 2 saturated heterocycles. The van der Waals surface area contributed by atoms with Gasteiger partial charge in [0.15, 0.2) is 59.0 Å². The molecular weight excluding hydrogens is 1850 g/mol. The quantitative estimate of drug-likeness (QED) is 0.0371. The lowest BCUT2D eigenvalue weighted by atomic mass is 9.84. The third-order valence-electron chi connectivity index (χ3n) is 28.2. The van der Waals surface area contributed by atoms with E-state index in [0.717, 1.165) is 189 Å². The number of carbonyl (C=O) groups excluding carboxylic acids is 2. The van der Waals surface area contributed by atoms with E-state index in [4.69, 9.17) is 14.2 Å². The molecule has 794 valence electrons. The molecule has 19 nitrogen and oxygen atoms in total. The molecule has 2 heterocycles.